The lowest BCUT2D eigenvalue weighted by Gasteiger charge is -2.19. The Balaban J connectivity index is 1.64. The highest BCUT2D eigenvalue weighted by Gasteiger charge is 2.11. The minimum Gasteiger partial charge on any atom is -0.491 e. The number of fused-ring (bicyclic) bond motifs is 7. The van der Waals surface area contributed by atoms with Crippen molar-refractivity contribution in [3.8, 4) is 17.2 Å². The van der Waals surface area contributed by atoms with E-state index in [-0.39, 0.29) is 0 Å². The number of hydrogen-bond donors (Lipinski definition) is 1. The third-order valence-electron chi connectivity index (χ3n) is 4.93. The lowest BCUT2D eigenvalue weighted by atomic mass is 10.1. The number of nitrogens with zero attached hydrogens (tertiary/aromatic N) is 3. The first-order valence-corrected chi connectivity index (χ1v) is 10.5. The minimum atomic E-state index is 0.479. The van der Waals surface area contributed by atoms with Crippen molar-refractivity contribution < 1.29 is 18.6 Å². The summed E-state index contributed by atoms with van der Waals surface area (Å²) in [4.78, 5) is 11.2. The van der Waals surface area contributed by atoms with Gasteiger partial charge in [-0.3, -0.25) is 4.90 Å². The monoisotopic (exact) mass is 436 g/mol. The number of hydrogen-bond acceptors (Lipinski definition) is 8. The highest BCUT2D eigenvalue weighted by molar-refractivity contribution is 5.60. The van der Waals surface area contributed by atoms with Crippen molar-refractivity contribution in [3.63, 3.8) is 0 Å². The molecule has 32 heavy (non-hydrogen) atoms. The molecule has 1 aromatic carbocycles. The van der Waals surface area contributed by atoms with Crippen LogP contribution in [0.3, 0.4) is 0 Å². The summed E-state index contributed by atoms with van der Waals surface area (Å²) in [5, 5.41) is 3.30. The maximum Gasteiger partial charge on any atom is 0.227 e. The minimum absolute atomic E-state index is 0.479. The molecule has 2 aromatic heterocycles. The van der Waals surface area contributed by atoms with Gasteiger partial charge in [-0.05, 0) is 37.4 Å². The molecule has 3 aromatic rings. The summed E-state index contributed by atoms with van der Waals surface area (Å²) in [7, 11) is 3.74. The number of aromatic nitrogens is 2. The second-order valence-electron chi connectivity index (χ2n) is 7.56. The summed E-state index contributed by atoms with van der Waals surface area (Å²) in [5.74, 6) is 2.00. The average Bonchev–Trinajstić information content (AvgIpc) is 3.26. The molecule has 0 radical (unpaired) electrons. The van der Waals surface area contributed by atoms with Crippen LogP contribution in [-0.4, -0.2) is 55.4 Å². The molecule has 8 heteroatoms. The number of furan rings is 1. The Bertz CT molecular complexity index is 1050. The van der Waals surface area contributed by atoms with E-state index in [1.807, 2.05) is 30.3 Å². The van der Waals surface area contributed by atoms with Gasteiger partial charge >= 0.3 is 0 Å². The van der Waals surface area contributed by atoms with Crippen molar-refractivity contribution in [3.05, 3.63) is 66.1 Å². The third-order valence-corrected chi connectivity index (χ3v) is 4.93. The first-order chi connectivity index (χ1) is 15.7. The molecule has 0 saturated heterocycles. The van der Waals surface area contributed by atoms with Crippen molar-refractivity contribution >= 4 is 11.6 Å². The molecule has 1 N–H and O–H groups in total. The van der Waals surface area contributed by atoms with Gasteiger partial charge in [-0.25, -0.2) is 9.97 Å². The van der Waals surface area contributed by atoms with Gasteiger partial charge < -0.3 is 23.9 Å². The Kier molecular flexibility index (Phi) is 7.50. The summed E-state index contributed by atoms with van der Waals surface area (Å²) < 4.78 is 22.5. The van der Waals surface area contributed by atoms with Gasteiger partial charge in [-0.2, -0.15) is 0 Å². The van der Waals surface area contributed by atoms with Crippen LogP contribution in [0.4, 0.5) is 11.6 Å². The van der Waals surface area contributed by atoms with E-state index in [9.17, 15) is 0 Å². The Hall–Kier alpha value is -3.20. The van der Waals surface area contributed by atoms with E-state index >= 15 is 0 Å². The number of methoxy groups -OCH3 is 1. The number of ether oxygens (including phenoxy) is 3. The molecule has 4 rings (SSSR count). The number of anilines is 2. The third kappa shape index (κ3) is 5.94. The van der Waals surface area contributed by atoms with Crippen LogP contribution < -0.4 is 10.1 Å². The zero-order valence-electron chi connectivity index (χ0n) is 18.4. The molecule has 3 heterocycles. The van der Waals surface area contributed by atoms with Crippen LogP contribution in [-0.2, 0) is 22.6 Å². The van der Waals surface area contributed by atoms with Gasteiger partial charge in [0.05, 0.1) is 26.1 Å². The predicted molar refractivity (Wildman–Crippen MR) is 122 cm³/mol. The van der Waals surface area contributed by atoms with Crippen LogP contribution >= 0.6 is 0 Å². The molecule has 6 bridgehead atoms. The molecule has 0 aliphatic carbocycles. The maximum absolute atomic E-state index is 5.94. The molecule has 1 aliphatic rings. The molecule has 0 spiro atoms. The quantitative estimate of drug-likeness (QED) is 0.485. The molecule has 8 nitrogen and oxygen atoms in total. The predicted octanol–water partition coefficient (Wildman–Crippen LogP) is 4.02. The van der Waals surface area contributed by atoms with Gasteiger partial charge in [0.25, 0.3) is 0 Å². The average molecular weight is 437 g/mol. The summed E-state index contributed by atoms with van der Waals surface area (Å²) >= 11 is 0. The van der Waals surface area contributed by atoms with Crippen LogP contribution in [0.15, 0.2) is 59.4 Å². The van der Waals surface area contributed by atoms with Gasteiger partial charge in [0, 0.05) is 43.2 Å². The summed E-state index contributed by atoms with van der Waals surface area (Å²) in [6.07, 6.45) is 7.55. The van der Waals surface area contributed by atoms with Crippen molar-refractivity contribution in [2.24, 2.45) is 0 Å². The normalized spacial score (nSPS) is 14.9. The second-order valence-corrected chi connectivity index (χ2v) is 7.56. The maximum atomic E-state index is 5.94. The summed E-state index contributed by atoms with van der Waals surface area (Å²) in [6.45, 7) is 3.56. The molecule has 0 saturated carbocycles. The van der Waals surface area contributed by atoms with Crippen LogP contribution in [0.25, 0.3) is 11.5 Å². The zero-order valence-corrected chi connectivity index (χ0v) is 18.4. The topological polar surface area (TPSA) is 81.9 Å². The van der Waals surface area contributed by atoms with Gasteiger partial charge in [0.15, 0.2) is 5.76 Å². The standard InChI is InChI=1S/C24H28N4O4/c1-28-9-3-4-10-30-16-18-13-23(32-17-18)21-7-8-25-24(27-21)26-20-5-6-22(19(14-20)15-28)31-12-11-29-2/h3-8,13-14,17H,9-12,15-16H2,1-2H3,(H,25,26,27). The Morgan fingerprint density at radius 1 is 1.16 bits per heavy atom. The van der Waals surface area contributed by atoms with E-state index in [2.05, 4.69) is 39.4 Å². The second kappa shape index (κ2) is 10.9. The van der Waals surface area contributed by atoms with Crippen molar-refractivity contribution in [2.75, 3.05) is 45.8 Å². The Morgan fingerprint density at radius 3 is 3.00 bits per heavy atom. The van der Waals surface area contributed by atoms with Crippen LogP contribution in [0.1, 0.15) is 11.1 Å². The Labute approximate surface area is 187 Å². The fraction of sp³-hybridized carbons (Fsp3) is 0.333. The summed E-state index contributed by atoms with van der Waals surface area (Å²) in [6, 6.07) is 9.75. The number of benzene rings is 1. The van der Waals surface area contributed by atoms with Crippen molar-refractivity contribution in [2.45, 2.75) is 13.2 Å². The molecular weight excluding hydrogens is 408 g/mol. The largest absolute Gasteiger partial charge is 0.491 e. The van der Waals surface area contributed by atoms with Crippen LogP contribution in [0.5, 0.6) is 5.75 Å². The first-order valence-electron chi connectivity index (χ1n) is 10.5. The van der Waals surface area contributed by atoms with E-state index in [0.29, 0.717) is 43.8 Å². The van der Waals surface area contributed by atoms with Gasteiger partial charge in [-0.1, -0.05) is 12.2 Å². The fourth-order valence-electron chi connectivity index (χ4n) is 3.35. The molecule has 168 valence electrons. The highest BCUT2D eigenvalue weighted by Crippen LogP contribution is 2.27. The van der Waals surface area contributed by atoms with E-state index in [0.717, 1.165) is 35.7 Å². The van der Waals surface area contributed by atoms with Crippen molar-refractivity contribution in [1.29, 1.82) is 0 Å². The van der Waals surface area contributed by atoms with E-state index in [1.165, 1.54) is 0 Å². The SMILES string of the molecule is COCCOc1ccc2cc1CN(C)CC=CCOCc1coc(c1)-c1ccnc(n1)N2. The molecule has 0 unspecified atom stereocenters. The molecular formula is C24H28N4O4. The number of nitrogens with one attached hydrogen (secondary N) is 1. The van der Waals surface area contributed by atoms with Gasteiger partial charge in [0.1, 0.15) is 18.1 Å². The highest BCUT2D eigenvalue weighted by atomic mass is 16.5. The number of likely N-dealkylation sites (N-methyl/N-ethyl adjacent to an activating group) is 1. The molecule has 1 aliphatic heterocycles. The van der Waals surface area contributed by atoms with Gasteiger partial charge in [-0.15, -0.1) is 0 Å². The van der Waals surface area contributed by atoms with E-state index in [4.69, 9.17) is 18.6 Å². The first kappa shape index (κ1) is 22.0. The lowest BCUT2D eigenvalue weighted by molar-refractivity contribution is 0.145. The zero-order chi connectivity index (χ0) is 22.2. The smallest absolute Gasteiger partial charge is 0.227 e. The lowest BCUT2D eigenvalue weighted by Crippen LogP contribution is -2.19. The fourth-order valence-corrected chi connectivity index (χ4v) is 3.35. The molecule has 0 fully saturated rings. The molecule has 0 atom stereocenters. The van der Waals surface area contributed by atoms with E-state index in [1.54, 1.807) is 19.6 Å². The van der Waals surface area contributed by atoms with Crippen LogP contribution in [0.2, 0.25) is 0 Å². The summed E-state index contributed by atoms with van der Waals surface area (Å²) in [5.41, 5.74) is 3.61. The Morgan fingerprint density at radius 2 is 2.09 bits per heavy atom. The van der Waals surface area contributed by atoms with Crippen LogP contribution in [0, 0.1) is 0 Å². The van der Waals surface area contributed by atoms with Gasteiger partial charge in [0.2, 0.25) is 5.95 Å². The number of rotatable bonds is 4. The van der Waals surface area contributed by atoms with E-state index < -0.39 is 0 Å². The van der Waals surface area contributed by atoms with Crippen molar-refractivity contribution in [1.82, 2.24) is 14.9 Å². The molecule has 0 amide bonds.